The first-order chi connectivity index (χ1) is 24.2. The lowest BCUT2D eigenvalue weighted by molar-refractivity contribution is -0.317. The second kappa shape index (κ2) is 19.2. The van der Waals surface area contributed by atoms with Crippen molar-refractivity contribution in [2.24, 2.45) is 11.8 Å². The maximum atomic E-state index is 14.1. The molecular formula is C37H71N3O12. The molecule has 0 bridgehead atoms. The topological polar surface area (TPSA) is 170 Å². The average molecular weight is 750 g/mol. The molecule has 52 heavy (non-hydrogen) atoms. The van der Waals surface area contributed by atoms with Crippen molar-refractivity contribution in [3.63, 3.8) is 0 Å². The number of carbonyl (C=O) groups is 1. The van der Waals surface area contributed by atoms with Gasteiger partial charge in [-0.15, -0.1) is 0 Å². The molecule has 4 N–H and O–H groups in total. The third kappa shape index (κ3) is 10.6. The Morgan fingerprint density at radius 1 is 0.904 bits per heavy atom. The van der Waals surface area contributed by atoms with Crippen molar-refractivity contribution < 1.29 is 58.0 Å². The quantitative estimate of drug-likeness (QED) is 0.263. The minimum atomic E-state index is -1.53. The maximum absolute atomic E-state index is 14.1. The summed E-state index contributed by atoms with van der Waals surface area (Å²) in [6.07, 6.45) is -7.10. The number of aliphatic hydroxyl groups excluding tert-OH is 2. The molecule has 0 spiro atoms. The van der Waals surface area contributed by atoms with Crippen LogP contribution >= 0.6 is 0 Å². The highest BCUT2D eigenvalue weighted by atomic mass is 16.7. The molecule has 0 aromatic rings. The van der Waals surface area contributed by atoms with E-state index in [1.165, 1.54) is 7.11 Å². The van der Waals surface area contributed by atoms with E-state index in [9.17, 15) is 20.1 Å². The molecule has 3 aliphatic heterocycles. The van der Waals surface area contributed by atoms with E-state index in [1.807, 2.05) is 46.8 Å². The van der Waals surface area contributed by atoms with E-state index in [1.54, 1.807) is 49.0 Å². The first-order valence-electron chi connectivity index (χ1n) is 18.7. The van der Waals surface area contributed by atoms with E-state index in [0.29, 0.717) is 13.0 Å². The van der Waals surface area contributed by atoms with Gasteiger partial charge in [0.1, 0.15) is 24.4 Å². The van der Waals surface area contributed by atoms with E-state index in [-0.39, 0.29) is 43.5 Å². The van der Waals surface area contributed by atoms with Gasteiger partial charge in [-0.05, 0) is 68.6 Å². The number of aliphatic hydroxyl groups is 3. The van der Waals surface area contributed by atoms with Gasteiger partial charge in [0.15, 0.2) is 12.6 Å². The van der Waals surface area contributed by atoms with Crippen LogP contribution in [0.25, 0.3) is 0 Å². The molecule has 15 nitrogen and oxygen atoms in total. The van der Waals surface area contributed by atoms with Crippen LogP contribution in [0.15, 0.2) is 0 Å². The standard InChI is InChI=1S/C37H71N3O12/c1-20-16-36(6,44)33(52-35-29(41)25(39(8)9)15-21(2)49-35)22(3)30(51-28-17-37(7,48-14)32(42)24(5)50-28)23(4)34(43)38-18-26(45-11)31(47-13)27(46-12)19-40(20)10/h20-33,35,41-42,44H,15-19H2,1-14H3,(H,38,43)/t20-,21-,22+,23-,24+,25+,26?,27+,28+,29-,30?,31-,32+,33-,35+,36-,37-/m1/s1. The summed E-state index contributed by atoms with van der Waals surface area (Å²) in [5.74, 6) is -1.79. The molecule has 0 aromatic carbocycles. The summed E-state index contributed by atoms with van der Waals surface area (Å²) in [5, 5.41) is 38.1. The zero-order chi connectivity index (χ0) is 39.3. The Kier molecular flexibility index (Phi) is 16.7. The summed E-state index contributed by atoms with van der Waals surface area (Å²) in [7, 11) is 12.1. The van der Waals surface area contributed by atoms with E-state index < -0.39 is 84.4 Å². The molecule has 0 radical (unpaired) electrons. The number of hydrogen-bond acceptors (Lipinski definition) is 14. The Morgan fingerprint density at radius 3 is 2.10 bits per heavy atom. The van der Waals surface area contributed by atoms with Crippen LogP contribution in [-0.4, -0.2) is 184 Å². The van der Waals surface area contributed by atoms with Crippen LogP contribution in [0.5, 0.6) is 0 Å². The first-order valence-corrected chi connectivity index (χ1v) is 18.7. The lowest BCUT2D eigenvalue weighted by Gasteiger charge is -2.49. The number of carbonyl (C=O) groups excluding carboxylic acids is 1. The molecule has 3 aliphatic rings. The van der Waals surface area contributed by atoms with Gasteiger partial charge in [0.05, 0.1) is 47.6 Å². The third-order valence-corrected chi connectivity index (χ3v) is 11.9. The molecule has 306 valence electrons. The maximum Gasteiger partial charge on any atom is 0.225 e. The largest absolute Gasteiger partial charge is 0.387 e. The van der Waals surface area contributed by atoms with Gasteiger partial charge in [-0.1, -0.05) is 13.8 Å². The zero-order valence-electron chi connectivity index (χ0n) is 34.1. The Balaban J connectivity index is 2.14. The Morgan fingerprint density at radius 2 is 1.54 bits per heavy atom. The fourth-order valence-corrected chi connectivity index (χ4v) is 8.31. The highest BCUT2D eigenvalue weighted by molar-refractivity contribution is 5.79. The number of rotatable bonds is 9. The van der Waals surface area contributed by atoms with Gasteiger partial charge >= 0.3 is 0 Å². The van der Waals surface area contributed by atoms with Crippen LogP contribution < -0.4 is 5.32 Å². The van der Waals surface area contributed by atoms with Crippen molar-refractivity contribution in [2.75, 3.05) is 62.7 Å². The van der Waals surface area contributed by atoms with Crippen LogP contribution in [0.2, 0.25) is 0 Å². The molecule has 3 saturated heterocycles. The number of methoxy groups -OCH3 is 4. The molecule has 3 fully saturated rings. The summed E-state index contributed by atoms with van der Waals surface area (Å²) in [6, 6.07) is -0.440. The molecular weight excluding hydrogens is 678 g/mol. The molecule has 3 heterocycles. The number of nitrogens with one attached hydrogen (secondary N) is 1. The SMILES string of the molecule is COC1CNC(=O)[C@H](C)C(O[C@H]2C[C@@](C)(OC)[C@@H](O)[C@H](C)O2)[C@H](C)[C@@H](O[C@@H]2O[C@H](C)C[C@H](N(C)C)[C@H]2O)[C@](C)(O)C[C@@H](C)N(C)C[C@H](OC)[C@@H]1OC. The molecule has 0 saturated carbocycles. The minimum absolute atomic E-state index is 0.132. The molecule has 1 amide bonds. The van der Waals surface area contributed by atoms with Crippen molar-refractivity contribution in [3.8, 4) is 0 Å². The predicted molar refractivity (Wildman–Crippen MR) is 194 cm³/mol. The van der Waals surface area contributed by atoms with E-state index >= 15 is 0 Å². The van der Waals surface area contributed by atoms with Crippen molar-refractivity contribution in [3.05, 3.63) is 0 Å². The number of hydrogen-bond donors (Lipinski definition) is 4. The summed E-state index contributed by atoms with van der Waals surface area (Å²) < 4.78 is 49.3. The Labute approximate surface area is 311 Å². The number of amides is 1. The van der Waals surface area contributed by atoms with Crippen LogP contribution in [-0.2, 0) is 42.7 Å². The van der Waals surface area contributed by atoms with Crippen LogP contribution in [0.4, 0.5) is 0 Å². The average Bonchev–Trinajstić information content (AvgIpc) is 3.08. The zero-order valence-corrected chi connectivity index (χ0v) is 34.1. The Hall–Kier alpha value is -1.05. The van der Waals surface area contributed by atoms with Gasteiger partial charge in [0.25, 0.3) is 0 Å². The van der Waals surface area contributed by atoms with Gasteiger partial charge in [0, 0.05) is 66.0 Å². The van der Waals surface area contributed by atoms with E-state index in [0.717, 1.165) is 0 Å². The normalized spacial score (nSPS) is 46.7. The predicted octanol–water partition coefficient (Wildman–Crippen LogP) is 0.992. The van der Waals surface area contributed by atoms with Crippen molar-refractivity contribution >= 4 is 5.91 Å². The van der Waals surface area contributed by atoms with E-state index in [4.69, 9.17) is 37.9 Å². The highest BCUT2D eigenvalue weighted by Gasteiger charge is 2.51. The summed E-state index contributed by atoms with van der Waals surface area (Å²) in [6.45, 7) is 13.4. The second-order valence-corrected chi connectivity index (χ2v) is 16.2. The molecule has 17 atom stereocenters. The summed E-state index contributed by atoms with van der Waals surface area (Å²) >= 11 is 0. The summed E-state index contributed by atoms with van der Waals surface area (Å²) in [5.41, 5.74) is -2.51. The van der Waals surface area contributed by atoms with Gasteiger partial charge in [-0.2, -0.15) is 0 Å². The number of nitrogens with zero attached hydrogens (tertiary/aromatic N) is 2. The first kappa shape index (κ1) is 45.3. The van der Waals surface area contributed by atoms with Gasteiger partial charge in [-0.25, -0.2) is 0 Å². The van der Waals surface area contributed by atoms with Crippen molar-refractivity contribution in [1.29, 1.82) is 0 Å². The number of likely N-dealkylation sites (N-methyl/N-ethyl adjacent to an activating group) is 2. The molecule has 0 aromatic heterocycles. The minimum Gasteiger partial charge on any atom is -0.387 e. The lowest BCUT2D eigenvalue weighted by Crippen LogP contribution is -2.61. The molecule has 3 rings (SSSR count). The van der Waals surface area contributed by atoms with E-state index in [2.05, 4.69) is 10.2 Å². The van der Waals surface area contributed by atoms with Crippen molar-refractivity contribution in [2.45, 2.75) is 159 Å². The monoisotopic (exact) mass is 750 g/mol. The smallest absolute Gasteiger partial charge is 0.225 e. The third-order valence-electron chi connectivity index (χ3n) is 11.9. The van der Waals surface area contributed by atoms with Gasteiger partial charge in [0.2, 0.25) is 5.91 Å². The Bertz CT molecular complexity index is 1100. The number of ether oxygens (including phenoxy) is 8. The van der Waals surface area contributed by atoms with Crippen molar-refractivity contribution in [1.82, 2.24) is 15.1 Å². The fourth-order valence-electron chi connectivity index (χ4n) is 8.31. The van der Waals surface area contributed by atoms with Crippen LogP contribution in [0.1, 0.15) is 67.7 Å². The summed E-state index contributed by atoms with van der Waals surface area (Å²) in [4.78, 5) is 18.2. The van der Waals surface area contributed by atoms with Crippen LogP contribution in [0.3, 0.4) is 0 Å². The second-order valence-electron chi connectivity index (χ2n) is 16.2. The highest BCUT2D eigenvalue weighted by Crippen LogP contribution is 2.39. The van der Waals surface area contributed by atoms with Crippen LogP contribution in [0, 0.1) is 11.8 Å². The fraction of sp³-hybridized carbons (Fsp3) is 0.973. The van der Waals surface area contributed by atoms with Gasteiger partial charge in [-0.3, -0.25) is 4.79 Å². The lowest BCUT2D eigenvalue weighted by atomic mass is 9.78. The molecule has 15 heteroatoms. The molecule has 2 unspecified atom stereocenters. The van der Waals surface area contributed by atoms with Gasteiger partial charge < -0.3 is 68.3 Å². The molecule has 0 aliphatic carbocycles.